The quantitative estimate of drug-likeness (QED) is 0.463. The van der Waals surface area contributed by atoms with E-state index in [4.69, 9.17) is 0 Å². The van der Waals surface area contributed by atoms with Gasteiger partial charge in [0.25, 0.3) is 0 Å². The predicted molar refractivity (Wildman–Crippen MR) is 45.7 cm³/mol. The fraction of sp³-hybridized carbons (Fsp3) is 0.556. The van der Waals surface area contributed by atoms with Crippen LogP contribution in [0.15, 0.2) is 12.2 Å². The maximum Gasteiger partial charge on any atom is 0.310 e. The second kappa shape index (κ2) is 5.52. The lowest BCUT2D eigenvalue weighted by Gasteiger charge is -2.02. The van der Waals surface area contributed by atoms with E-state index >= 15 is 0 Å². The van der Waals surface area contributed by atoms with Crippen molar-refractivity contribution in [2.75, 3.05) is 6.61 Å². The molecular formula is C9H14O3. The van der Waals surface area contributed by atoms with Crippen molar-refractivity contribution < 1.29 is 14.3 Å². The Morgan fingerprint density at radius 1 is 1.33 bits per heavy atom. The van der Waals surface area contributed by atoms with E-state index in [2.05, 4.69) is 11.3 Å². The molecule has 0 unspecified atom stereocenters. The molecule has 0 fully saturated rings. The summed E-state index contributed by atoms with van der Waals surface area (Å²) in [6.45, 7) is 7.30. The molecule has 12 heavy (non-hydrogen) atoms. The molecule has 0 spiro atoms. The number of rotatable bonds is 5. The SMILES string of the molecule is C=C(CC(=O)OCC)C(=O)CC. The minimum Gasteiger partial charge on any atom is -0.466 e. The summed E-state index contributed by atoms with van der Waals surface area (Å²) in [6, 6.07) is 0. The van der Waals surface area contributed by atoms with E-state index in [1.165, 1.54) is 0 Å². The van der Waals surface area contributed by atoms with E-state index in [1.807, 2.05) is 0 Å². The Bertz CT molecular complexity index is 194. The minimum atomic E-state index is -0.385. The maximum atomic E-state index is 10.9. The molecule has 0 atom stereocenters. The van der Waals surface area contributed by atoms with Crippen LogP contribution in [-0.4, -0.2) is 18.4 Å². The van der Waals surface area contributed by atoms with Gasteiger partial charge in [-0.3, -0.25) is 9.59 Å². The molecule has 0 aromatic heterocycles. The topological polar surface area (TPSA) is 43.4 Å². The fourth-order valence-electron chi connectivity index (χ4n) is 0.735. The average Bonchev–Trinajstić information content (AvgIpc) is 2.03. The van der Waals surface area contributed by atoms with Gasteiger partial charge in [0.2, 0.25) is 0 Å². The largest absolute Gasteiger partial charge is 0.466 e. The summed E-state index contributed by atoms with van der Waals surface area (Å²) in [5, 5.41) is 0. The summed E-state index contributed by atoms with van der Waals surface area (Å²) in [6.07, 6.45) is 0.402. The second-order valence-corrected chi connectivity index (χ2v) is 2.36. The summed E-state index contributed by atoms with van der Waals surface area (Å²) in [5.41, 5.74) is 0.330. The number of ether oxygens (including phenoxy) is 1. The van der Waals surface area contributed by atoms with Crippen LogP contribution in [0.3, 0.4) is 0 Å². The Morgan fingerprint density at radius 2 is 1.92 bits per heavy atom. The molecule has 0 saturated carbocycles. The van der Waals surface area contributed by atoms with Gasteiger partial charge < -0.3 is 4.74 Å². The first-order valence-electron chi connectivity index (χ1n) is 3.98. The third kappa shape index (κ3) is 3.91. The van der Waals surface area contributed by atoms with E-state index in [-0.39, 0.29) is 18.2 Å². The second-order valence-electron chi connectivity index (χ2n) is 2.36. The van der Waals surface area contributed by atoms with E-state index in [0.29, 0.717) is 18.6 Å². The Balaban J connectivity index is 3.84. The highest BCUT2D eigenvalue weighted by Gasteiger charge is 2.09. The molecular weight excluding hydrogens is 156 g/mol. The number of Topliss-reactive ketones (excluding diaryl/α,β-unsaturated/α-hetero) is 1. The van der Waals surface area contributed by atoms with Crippen molar-refractivity contribution in [3.63, 3.8) is 0 Å². The lowest BCUT2D eigenvalue weighted by atomic mass is 10.1. The highest BCUT2D eigenvalue weighted by molar-refractivity contribution is 5.98. The lowest BCUT2D eigenvalue weighted by molar-refractivity contribution is -0.142. The van der Waals surface area contributed by atoms with Gasteiger partial charge in [-0.05, 0) is 12.5 Å². The van der Waals surface area contributed by atoms with Gasteiger partial charge in [0.15, 0.2) is 5.78 Å². The first-order valence-corrected chi connectivity index (χ1v) is 3.98. The zero-order valence-corrected chi connectivity index (χ0v) is 7.55. The highest BCUT2D eigenvalue weighted by Crippen LogP contribution is 2.03. The van der Waals surface area contributed by atoms with Gasteiger partial charge in [0, 0.05) is 6.42 Å². The summed E-state index contributed by atoms with van der Waals surface area (Å²) < 4.78 is 4.66. The highest BCUT2D eigenvalue weighted by atomic mass is 16.5. The van der Waals surface area contributed by atoms with Crippen molar-refractivity contribution in [2.45, 2.75) is 26.7 Å². The smallest absolute Gasteiger partial charge is 0.310 e. The average molecular weight is 170 g/mol. The van der Waals surface area contributed by atoms with Crippen molar-refractivity contribution in [1.29, 1.82) is 0 Å². The number of esters is 1. The van der Waals surface area contributed by atoms with Crippen LogP contribution < -0.4 is 0 Å². The molecule has 68 valence electrons. The summed E-state index contributed by atoms with van der Waals surface area (Å²) >= 11 is 0. The van der Waals surface area contributed by atoms with Crippen LogP contribution in [0.2, 0.25) is 0 Å². The van der Waals surface area contributed by atoms with Gasteiger partial charge in [0.1, 0.15) is 0 Å². The lowest BCUT2D eigenvalue weighted by Crippen LogP contribution is -2.09. The van der Waals surface area contributed by atoms with Gasteiger partial charge >= 0.3 is 5.97 Å². The van der Waals surface area contributed by atoms with Crippen LogP contribution in [0.1, 0.15) is 26.7 Å². The van der Waals surface area contributed by atoms with Crippen molar-refractivity contribution in [3.8, 4) is 0 Å². The van der Waals surface area contributed by atoms with Crippen LogP contribution in [0.25, 0.3) is 0 Å². The summed E-state index contributed by atoms with van der Waals surface area (Å²) in [5.74, 6) is -0.465. The van der Waals surface area contributed by atoms with Gasteiger partial charge in [-0.15, -0.1) is 0 Å². The molecule has 0 radical (unpaired) electrons. The number of hydrogen-bond donors (Lipinski definition) is 0. The Hall–Kier alpha value is -1.12. The summed E-state index contributed by atoms with van der Waals surface area (Å²) in [7, 11) is 0. The standard InChI is InChI=1S/C9H14O3/c1-4-8(10)7(3)6-9(11)12-5-2/h3-6H2,1-2H3. The first-order chi connectivity index (χ1) is 5.61. The Morgan fingerprint density at radius 3 is 2.33 bits per heavy atom. The fourth-order valence-corrected chi connectivity index (χ4v) is 0.735. The van der Waals surface area contributed by atoms with E-state index in [9.17, 15) is 9.59 Å². The molecule has 0 aromatic rings. The van der Waals surface area contributed by atoms with Crippen molar-refractivity contribution in [2.24, 2.45) is 0 Å². The zero-order valence-electron chi connectivity index (χ0n) is 7.55. The number of carbonyl (C=O) groups excluding carboxylic acids is 2. The molecule has 0 aliphatic rings. The monoisotopic (exact) mass is 170 g/mol. The van der Waals surface area contributed by atoms with Crippen molar-refractivity contribution in [3.05, 3.63) is 12.2 Å². The summed E-state index contributed by atoms with van der Waals surface area (Å²) in [4.78, 5) is 21.8. The molecule has 0 aromatic carbocycles. The van der Waals surface area contributed by atoms with Crippen LogP contribution in [-0.2, 0) is 14.3 Å². The zero-order chi connectivity index (χ0) is 9.56. The van der Waals surface area contributed by atoms with Gasteiger partial charge in [-0.2, -0.15) is 0 Å². The molecule has 0 heterocycles. The molecule has 0 bridgehead atoms. The normalized spacial score (nSPS) is 9.17. The van der Waals surface area contributed by atoms with Crippen molar-refractivity contribution in [1.82, 2.24) is 0 Å². The van der Waals surface area contributed by atoms with Crippen molar-refractivity contribution >= 4 is 11.8 Å². The van der Waals surface area contributed by atoms with Gasteiger partial charge in [-0.25, -0.2) is 0 Å². The molecule has 0 rings (SSSR count). The molecule has 0 aliphatic carbocycles. The molecule has 0 amide bonds. The Kier molecular flexibility index (Phi) is 5.00. The third-order valence-electron chi connectivity index (χ3n) is 1.38. The number of carbonyl (C=O) groups is 2. The number of ketones is 1. The van der Waals surface area contributed by atoms with Gasteiger partial charge in [0.05, 0.1) is 13.0 Å². The molecule has 0 aliphatic heterocycles. The van der Waals surface area contributed by atoms with Crippen LogP contribution >= 0.6 is 0 Å². The minimum absolute atomic E-state index is 0.0144. The van der Waals surface area contributed by atoms with E-state index in [0.717, 1.165) is 0 Å². The molecule has 0 N–H and O–H groups in total. The first kappa shape index (κ1) is 10.9. The third-order valence-corrected chi connectivity index (χ3v) is 1.38. The predicted octanol–water partition coefficient (Wildman–Crippen LogP) is 1.47. The molecule has 0 saturated heterocycles. The van der Waals surface area contributed by atoms with Crippen LogP contribution in [0.5, 0.6) is 0 Å². The van der Waals surface area contributed by atoms with E-state index in [1.54, 1.807) is 13.8 Å². The molecule has 3 nitrogen and oxygen atoms in total. The van der Waals surface area contributed by atoms with E-state index < -0.39 is 0 Å². The molecule has 3 heteroatoms. The Labute approximate surface area is 72.4 Å². The number of hydrogen-bond acceptors (Lipinski definition) is 3. The maximum absolute atomic E-state index is 10.9. The van der Waals surface area contributed by atoms with Crippen LogP contribution in [0, 0.1) is 0 Å². The van der Waals surface area contributed by atoms with Gasteiger partial charge in [-0.1, -0.05) is 13.5 Å². The van der Waals surface area contributed by atoms with Crippen LogP contribution in [0.4, 0.5) is 0 Å².